The number of aromatic nitrogens is 2. The van der Waals surface area contributed by atoms with Crippen LogP contribution in [0.25, 0.3) is 11.3 Å². The summed E-state index contributed by atoms with van der Waals surface area (Å²) in [5, 5.41) is 8.80. The molecule has 0 aliphatic carbocycles. The molecule has 0 aliphatic rings. The molecule has 0 atom stereocenters. The number of nitrogens with zero attached hydrogens (tertiary/aromatic N) is 3. The van der Waals surface area contributed by atoms with E-state index in [1.807, 2.05) is 36.5 Å². The van der Waals surface area contributed by atoms with Gasteiger partial charge in [-0.15, -0.1) is 0 Å². The van der Waals surface area contributed by atoms with E-state index in [-0.39, 0.29) is 0 Å². The summed E-state index contributed by atoms with van der Waals surface area (Å²) in [7, 11) is 0. The normalized spacial score (nSPS) is 10.5. The van der Waals surface area contributed by atoms with Crippen molar-refractivity contribution in [1.29, 1.82) is 5.26 Å². The van der Waals surface area contributed by atoms with Gasteiger partial charge in [-0.05, 0) is 13.8 Å². The van der Waals surface area contributed by atoms with Gasteiger partial charge in [0.05, 0.1) is 18.2 Å². The van der Waals surface area contributed by atoms with Crippen molar-refractivity contribution in [2.45, 2.75) is 26.3 Å². The first kappa shape index (κ1) is 11.4. The second-order valence-electron chi connectivity index (χ2n) is 4.24. The molecule has 17 heavy (non-hydrogen) atoms. The van der Waals surface area contributed by atoms with Crippen LogP contribution in [-0.4, -0.2) is 9.55 Å². The van der Waals surface area contributed by atoms with Crippen LogP contribution in [0.3, 0.4) is 0 Å². The molecule has 2 rings (SSSR count). The van der Waals surface area contributed by atoms with Gasteiger partial charge in [-0.1, -0.05) is 30.3 Å². The fourth-order valence-electron chi connectivity index (χ4n) is 1.83. The van der Waals surface area contributed by atoms with E-state index in [0.717, 1.165) is 17.1 Å². The van der Waals surface area contributed by atoms with E-state index in [1.54, 1.807) is 0 Å². The number of nitriles is 1. The molecule has 0 saturated carbocycles. The number of hydrogen-bond donors (Lipinski definition) is 0. The molecule has 1 aromatic carbocycles. The maximum atomic E-state index is 8.80. The first-order chi connectivity index (χ1) is 8.22. The molecule has 0 amide bonds. The standard InChI is InChI=1S/C14H15N3/c1-11(2)17-10-13(16-14(17)8-9-15)12-6-4-3-5-7-12/h3-7,10-11H,8H2,1-2H3. The van der Waals surface area contributed by atoms with Gasteiger partial charge in [-0.3, -0.25) is 0 Å². The second kappa shape index (κ2) is 4.84. The van der Waals surface area contributed by atoms with E-state index in [2.05, 4.69) is 29.5 Å². The van der Waals surface area contributed by atoms with E-state index in [4.69, 9.17) is 5.26 Å². The quantitative estimate of drug-likeness (QED) is 0.805. The molecule has 86 valence electrons. The van der Waals surface area contributed by atoms with Crippen LogP contribution < -0.4 is 0 Å². The van der Waals surface area contributed by atoms with Crippen LogP contribution in [0.4, 0.5) is 0 Å². The average molecular weight is 225 g/mol. The predicted molar refractivity (Wildman–Crippen MR) is 67.4 cm³/mol. The van der Waals surface area contributed by atoms with Gasteiger partial charge in [0.25, 0.3) is 0 Å². The number of hydrogen-bond acceptors (Lipinski definition) is 2. The Bertz CT molecular complexity index is 532. The molecule has 0 aliphatic heterocycles. The molecule has 0 unspecified atom stereocenters. The van der Waals surface area contributed by atoms with Crippen LogP contribution in [0.2, 0.25) is 0 Å². The van der Waals surface area contributed by atoms with Crippen molar-refractivity contribution in [3.05, 3.63) is 42.4 Å². The summed E-state index contributed by atoms with van der Waals surface area (Å²) in [4.78, 5) is 4.53. The largest absolute Gasteiger partial charge is 0.331 e. The van der Waals surface area contributed by atoms with Gasteiger partial charge in [0, 0.05) is 17.8 Å². The zero-order chi connectivity index (χ0) is 12.3. The molecule has 1 heterocycles. The first-order valence-electron chi connectivity index (χ1n) is 5.72. The van der Waals surface area contributed by atoms with Gasteiger partial charge in [-0.2, -0.15) is 5.26 Å². The monoisotopic (exact) mass is 225 g/mol. The van der Waals surface area contributed by atoms with E-state index in [9.17, 15) is 0 Å². The zero-order valence-electron chi connectivity index (χ0n) is 10.1. The van der Waals surface area contributed by atoms with Crippen LogP contribution in [0, 0.1) is 11.3 Å². The molecule has 3 heteroatoms. The minimum Gasteiger partial charge on any atom is -0.331 e. The minimum atomic E-state index is 0.323. The van der Waals surface area contributed by atoms with Gasteiger partial charge in [0.1, 0.15) is 5.82 Å². The summed E-state index contributed by atoms with van der Waals surface area (Å²) < 4.78 is 2.06. The fraction of sp³-hybridized carbons (Fsp3) is 0.286. The third-order valence-electron chi connectivity index (χ3n) is 2.67. The highest BCUT2D eigenvalue weighted by Crippen LogP contribution is 2.21. The van der Waals surface area contributed by atoms with Gasteiger partial charge >= 0.3 is 0 Å². The Labute approximate surface area is 101 Å². The van der Waals surface area contributed by atoms with Gasteiger partial charge in [0.2, 0.25) is 0 Å². The number of rotatable bonds is 3. The lowest BCUT2D eigenvalue weighted by atomic mass is 10.2. The van der Waals surface area contributed by atoms with Gasteiger partial charge in [-0.25, -0.2) is 4.98 Å². The highest BCUT2D eigenvalue weighted by molar-refractivity contribution is 5.58. The minimum absolute atomic E-state index is 0.323. The molecule has 0 N–H and O–H groups in total. The Hall–Kier alpha value is -2.08. The third-order valence-corrected chi connectivity index (χ3v) is 2.67. The van der Waals surface area contributed by atoms with E-state index < -0.39 is 0 Å². The maximum Gasteiger partial charge on any atom is 0.123 e. The Kier molecular flexibility index (Phi) is 3.24. The lowest BCUT2D eigenvalue weighted by Gasteiger charge is -2.08. The second-order valence-corrected chi connectivity index (χ2v) is 4.24. The topological polar surface area (TPSA) is 41.6 Å². The fourth-order valence-corrected chi connectivity index (χ4v) is 1.83. The Balaban J connectivity index is 2.44. The summed E-state index contributed by atoms with van der Waals surface area (Å²) in [6.45, 7) is 4.19. The van der Waals surface area contributed by atoms with Crippen molar-refractivity contribution in [1.82, 2.24) is 9.55 Å². The summed E-state index contributed by atoms with van der Waals surface area (Å²) >= 11 is 0. The molecule has 0 radical (unpaired) electrons. The van der Waals surface area contributed by atoms with Crippen LogP contribution in [0.15, 0.2) is 36.5 Å². The highest BCUT2D eigenvalue weighted by Gasteiger charge is 2.10. The lowest BCUT2D eigenvalue weighted by molar-refractivity contribution is 0.577. The smallest absolute Gasteiger partial charge is 0.123 e. The van der Waals surface area contributed by atoms with Crippen LogP contribution in [0.1, 0.15) is 25.7 Å². The summed E-state index contributed by atoms with van der Waals surface area (Å²) in [5.74, 6) is 0.835. The van der Waals surface area contributed by atoms with Crippen molar-refractivity contribution in [2.24, 2.45) is 0 Å². The molecular weight excluding hydrogens is 210 g/mol. The van der Waals surface area contributed by atoms with Crippen molar-refractivity contribution in [3.63, 3.8) is 0 Å². The zero-order valence-corrected chi connectivity index (χ0v) is 10.1. The molecule has 3 nitrogen and oxygen atoms in total. The Morgan fingerprint density at radius 2 is 2.00 bits per heavy atom. The summed E-state index contributed by atoms with van der Waals surface area (Å²) in [6, 6.07) is 12.5. The van der Waals surface area contributed by atoms with Gasteiger partial charge in [0.15, 0.2) is 0 Å². The van der Waals surface area contributed by atoms with Gasteiger partial charge < -0.3 is 4.57 Å². The van der Waals surface area contributed by atoms with Crippen LogP contribution in [0.5, 0.6) is 0 Å². The van der Waals surface area contributed by atoms with E-state index in [0.29, 0.717) is 12.5 Å². The first-order valence-corrected chi connectivity index (χ1v) is 5.72. The van der Waals surface area contributed by atoms with E-state index in [1.165, 1.54) is 0 Å². The summed E-state index contributed by atoms with van der Waals surface area (Å²) in [5.41, 5.74) is 2.02. The van der Waals surface area contributed by atoms with Crippen LogP contribution >= 0.6 is 0 Å². The molecule has 0 spiro atoms. The Morgan fingerprint density at radius 3 is 2.59 bits per heavy atom. The molecular formula is C14H15N3. The molecule has 2 aromatic rings. The number of imidazole rings is 1. The maximum absolute atomic E-state index is 8.80. The highest BCUT2D eigenvalue weighted by atomic mass is 15.1. The molecule has 0 fully saturated rings. The lowest BCUT2D eigenvalue weighted by Crippen LogP contribution is -2.04. The number of benzene rings is 1. The molecule has 0 bridgehead atoms. The predicted octanol–water partition coefficient (Wildman–Crippen LogP) is 3.20. The molecule has 0 saturated heterocycles. The van der Waals surface area contributed by atoms with Crippen molar-refractivity contribution < 1.29 is 0 Å². The molecule has 1 aromatic heterocycles. The van der Waals surface area contributed by atoms with Crippen molar-refractivity contribution in [2.75, 3.05) is 0 Å². The average Bonchev–Trinajstić information content (AvgIpc) is 2.75. The van der Waals surface area contributed by atoms with Crippen molar-refractivity contribution in [3.8, 4) is 17.3 Å². The van der Waals surface area contributed by atoms with Crippen LogP contribution in [-0.2, 0) is 6.42 Å². The third kappa shape index (κ3) is 2.36. The summed E-state index contributed by atoms with van der Waals surface area (Å²) in [6.07, 6.45) is 2.37. The van der Waals surface area contributed by atoms with E-state index >= 15 is 0 Å². The van der Waals surface area contributed by atoms with Crippen molar-refractivity contribution >= 4 is 0 Å². The Morgan fingerprint density at radius 1 is 1.29 bits per heavy atom. The SMILES string of the molecule is CC(C)n1cc(-c2ccccc2)nc1CC#N.